The molecule has 170 valence electrons. The van der Waals surface area contributed by atoms with Gasteiger partial charge in [-0.25, -0.2) is 9.37 Å². The van der Waals surface area contributed by atoms with Crippen LogP contribution in [-0.4, -0.2) is 26.8 Å². The number of rotatable bonds is 4. The first-order valence-corrected chi connectivity index (χ1v) is 11.5. The van der Waals surface area contributed by atoms with Crippen molar-refractivity contribution < 1.29 is 19.1 Å². The summed E-state index contributed by atoms with van der Waals surface area (Å²) in [4.78, 5) is 36.7. The van der Waals surface area contributed by atoms with Crippen molar-refractivity contribution in [3.8, 4) is 0 Å². The van der Waals surface area contributed by atoms with Crippen LogP contribution in [0.5, 0.6) is 0 Å². The number of pyridine rings is 1. The summed E-state index contributed by atoms with van der Waals surface area (Å²) in [5.41, 5.74) is 2.38. The molecule has 3 heterocycles. The Balaban J connectivity index is 1.70. The smallest absolute Gasteiger partial charge is 0.301 e. The van der Waals surface area contributed by atoms with Crippen molar-refractivity contribution in [2.24, 2.45) is 0 Å². The van der Waals surface area contributed by atoms with E-state index in [0.29, 0.717) is 22.3 Å². The average Bonchev–Trinajstić information content (AvgIpc) is 3.37. The molecule has 1 N–H and O–H groups in total. The van der Waals surface area contributed by atoms with Crippen LogP contribution in [0, 0.1) is 5.82 Å². The Bertz CT molecular complexity index is 1450. The normalized spacial score (nSPS) is 17.8. The largest absolute Gasteiger partial charge is 0.507 e. The van der Waals surface area contributed by atoms with Crippen LogP contribution >= 0.6 is 11.3 Å². The van der Waals surface area contributed by atoms with Gasteiger partial charge in [0.1, 0.15) is 17.6 Å². The molecule has 0 radical (unpaired) electrons. The van der Waals surface area contributed by atoms with Crippen LogP contribution in [0.3, 0.4) is 0 Å². The van der Waals surface area contributed by atoms with Crippen molar-refractivity contribution >= 4 is 44.1 Å². The van der Waals surface area contributed by atoms with Crippen molar-refractivity contribution in [3.63, 3.8) is 0 Å². The molecule has 2 aromatic heterocycles. The first-order valence-electron chi connectivity index (χ1n) is 10.7. The van der Waals surface area contributed by atoms with Gasteiger partial charge in [-0.2, -0.15) is 0 Å². The number of aromatic nitrogens is 2. The van der Waals surface area contributed by atoms with E-state index in [1.165, 1.54) is 40.5 Å². The van der Waals surface area contributed by atoms with Crippen LogP contribution in [0.15, 0.2) is 72.4 Å². The molecule has 5 rings (SSSR count). The molecule has 0 bridgehead atoms. The number of anilines is 1. The molecular weight excluding hydrogens is 453 g/mol. The minimum Gasteiger partial charge on any atom is -0.507 e. The maximum Gasteiger partial charge on any atom is 0.301 e. The number of amides is 1. The predicted octanol–water partition coefficient (Wildman–Crippen LogP) is 5.58. The summed E-state index contributed by atoms with van der Waals surface area (Å²) >= 11 is 1.30. The third kappa shape index (κ3) is 3.66. The number of Topliss-reactive ketones (excluding diaryl/α,β-unsaturated/α-hetero) is 1. The zero-order chi connectivity index (χ0) is 24.0. The molecule has 1 aliphatic rings. The van der Waals surface area contributed by atoms with Gasteiger partial charge in [0.2, 0.25) is 0 Å². The maximum absolute atomic E-state index is 13.4. The number of carbonyl (C=O) groups is 2. The number of thiazole rings is 1. The minimum absolute atomic E-state index is 0.113. The molecule has 2 aromatic carbocycles. The molecule has 0 saturated carbocycles. The van der Waals surface area contributed by atoms with Gasteiger partial charge in [-0.1, -0.05) is 37.3 Å². The maximum atomic E-state index is 13.4. The van der Waals surface area contributed by atoms with Gasteiger partial charge in [0.25, 0.3) is 5.78 Å². The summed E-state index contributed by atoms with van der Waals surface area (Å²) in [5.74, 6) is -2.19. The molecule has 1 atom stereocenters. The van der Waals surface area contributed by atoms with Gasteiger partial charge in [0.15, 0.2) is 5.13 Å². The van der Waals surface area contributed by atoms with E-state index < -0.39 is 23.5 Å². The lowest BCUT2D eigenvalue weighted by Crippen LogP contribution is -2.29. The molecule has 6 nitrogen and oxygen atoms in total. The van der Waals surface area contributed by atoms with Crippen molar-refractivity contribution in [1.82, 2.24) is 9.97 Å². The Hall–Kier alpha value is -3.91. The van der Waals surface area contributed by atoms with E-state index >= 15 is 0 Å². The SMILES string of the molecule is CC(C)c1ccc2nc(N3C(=O)C(=O)/C(=C(/O)c4ccc(F)cc4)C3c3ccccn3)sc2c1. The van der Waals surface area contributed by atoms with Crippen LogP contribution in [0.25, 0.3) is 16.0 Å². The second kappa shape index (κ2) is 8.46. The highest BCUT2D eigenvalue weighted by atomic mass is 32.1. The van der Waals surface area contributed by atoms with Gasteiger partial charge in [0.05, 0.1) is 21.5 Å². The van der Waals surface area contributed by atoms with E-state index in [1.54, 1.807) is 24.4 Å². The highest BCUT2D eigenvalue weighted by molar-refractivity contribution is 7.22. The summed E-state index contributed by atoms with van der Waals surface area (Å²) in [6.45, 7) is 4.19. The van der Waals surface area contributed by atoms with Gasteiger partial charge < -0.3 is 5.11 Å². The fourth-order valence-electron chi connectivity index (χ4n) is 4.00. The van der Waals surface area contributed by atoms with Gasteiger partial charge >= 0.3 is 5.91 Å². The fourth-order valence-corrected chi connectivity index (χ4v) is 5.04. The lowest BCUT2D eigenvalue weighted by Gasteiger charge is -2.21. The van der Waals surface area contributed by atoms with Crippen molar-refractivity contribution in [3.05, 3.63) is 95.1 Å². The van der Waals surface area contributed by atoms with E-state index in [1.807, 2.05) is 18.2 Å². The molecular formula is C26H20FN3O3S. The Morgan fingerprint density at radius 1 is 1.09 bits per heavy atom. The Morgan fingerprint density at radius 2 is 1.85 bits per heavy atom. The van der Waals surface area contributed by atoms with E-state index in [0.717, 1.165) is 10.3 Å². The standard InChI is InChI=1S/C26H20FN3O3S/c1-14(2)16-8-11-18-20(13-16)34-26(29-18)30-22(19-5-3-4-12-28-19)21(24(32)25(30)33)23(31)15-6-9-17(27)10-7-15/h3-14,22,31H,1-2H3/b23-21+. The third-order valence-corrected chi connectivity index (χ3v) is 6.82. The quantitative estimate of drug-likeness (QED) is 0.238. The Morgan fingerprint density at radius 3 is 2.53 bits per heavy atom. The number of nitrogens with zero attached hydrogens (tertiary/aromatic N) is 3. The van der Waals surface area contributed by atoms with E-state index in [2.05, 4.69) is 23.8 Å². The van der Waals surface area contributed by atoms with Gasteiger partial charge in [0, 0.05) is 11.8 Å². The number of aliphatic hydroxyl groups is 1. The summed E-state index contributed by atoms with van der Waals surface area (Å²) in [5, 5.41) is 11.4. The molecule has 0 aliphatic carbocycles. The number of halogens is 1. The first-order chi connectivity index (χ1) is 16.3. The van der Waals surface area contributed by atoms with Crippen LogP contribution in [0.4, 0.5) is 9.52 Å². The van der Waals surface area contributed by atoms with Crippen LogP contribution < -0.4 is 4.90 Å². The number of benzene rings is 2. The van der Waals surface area contributed by atoms with E-state index in [9.17, 15) is 19.1 Å². The number of hydrogen-bond donors (Lipinski definition) is 1. The lowest BCUT2D eigenvalue weighted by atomic mass is 9.98. The predicted molar refractivity (Wildman–Crippen MR) is 129 cm³/mol. The van der Waals surface area contributed by atoms with Crippen LogP contribution in [0.1, 0.15) is 42.6 Å². The summed E-state index contributed by atoms with van der Waals surface area (Å²) in [7, 11) is 0. The summed E-state index contributed by atoms with van der Waals surface area (Å²) < 4.78 is 14.3. The second-order valence-corrected chi connectivity index (χ2v) is 9.32. The number of carbonyl (C=O) groups excluding carboxylic acids is 2. The number of hydrogen-bond acceptors (Lipinski definition) is 6. The minimum atomic E-state index is -0.976. The lowest BCUT2D eigenvalue weighted by molar-refractivity contribution is -0.132. The second-order valence-electron chi connectivity index (χ2n) is 8.31. The molecule has 4 aromatic rings. The third-order valence-electron chi connectivity index (χ3n) is 5.80. The van der Waals surface area contributed by atoms with Crippen molar-refractivity contribution in [1.29, 1.82) is 0 Å². The van der Waals surface area contributed by atoms with Crippen LogP contribution in [-0.2, 0) is 9.59 Å². The summed E-state index contributed by atoms with van der Waals surface area (Å²) in [6.07, 6.45) is 1.56. The van der Waals surface area contributed by atoms with Crippen LogP contribution in [0.2, 0.25) is 0 Å². The van der Waals surface area contributed by atoms with Gasteiger partial charge in [-0.15, -0.1) is 0 Å². The molecule has 0 spiro atoms. The van der Waals surface area contributed by atoms with Gasteiger partial charge in [-0.05, 0) is 60.0 Å². The number of ketones is 1. The Labute approximate surface area is 199 Å². The molecule has 1 fully saturated rings. The highest BCUT2D eigenvalue weighted by Gasteiger charge is 2.48. The van der Waals surface area contributed by atoms with E-state index in [4.69, 9.17) is 0 Å². The first kappa shape index (κ1) is 21.9. The highest BCUT2D eigenvalue weighted by Crippen LogP contribution is 2.44. The monoisotopic (exact) mass is 473 g/mol. The van der Waals surface area contributed by atoms with Crippen molar-refractivity contribution in [2.45, 2.75) is 25.8 Å². The molecule has 1 unspecified atom stereocenters. The zero-order valence-electron chi connectivity index (χ0n) is 18.4. The topological polar surface area (TPSA) is 83.4 Å². The summed E-state index contributed by atoms with van der Waals surface area (Å²) in [6, 6.07) is 15.2. The number of aliphatic hydroxyl groups excluding tert-OH is 1. The van der Waals surface area contributed by atoms with E-state index in [-0.39, 0.29) is 16.9 Å². The molecule has 34 heavy (non-hydrogen) atoms. The van der Waals surface area contributed by atoms with Crippen molar-refractivity contribution in [2.75, 3.05) is 4.90 Å². The fraction of sp³-hybridized carbons (Fsp3) is 0.154. The zero-order valence-corrected chi connectivity index (χ0v) is 19.2. The molecule has 1 amide bonds. The molecule has 8 heteroatoms. The number of fused-ring (bicyclic) bond motifs is 1. The Kier molecular flexibility index (Phi) is 5.45. The molecule has 1 aliphatic heterocycles. The molecule has 1 saturated heterocycles. The average molecular weight is 474 g/mol. The van der Waals surface area contributed by atoms with Gasteiger partial charge in [-0.3, -0.25) is 19.5 Å².